The summed E-state index contributed by atoms with van der Waals surface area (Å²) in [5, 5.41) is 38.2. The van der Waals surface area contributed by atoms with Gasteiger partial charge in [-0.25, -0.2) is 4.57 Å². The summed E-state index contributed by atoms with van der Waals surface area (Å²) in [6, 6.07) is 0. The van der Waals surface area contributed by atoms with Crippen LogP contribution < -0.4 is 0 Å². The minimum atomic E-state index is -4.68. The highest BCUT2D eigenvalue weighted by molar-refractivity contribution is 7.47. The van der Waals surface area contributed by atoms with E-state index in [1.807, 2.05) is 43.4 Å². The van der Waals surface area contributed by atoms with Gasteiger partial charge in [-0.1, -0.05) is 136 Å². The van der Waals surface area contributed by atoms with Crippen LogP contribution in [0, 0.1) is 0 Å². The van der Waals surface area contributed by atoms with E-state index in [-0.39, 0.29) is 12.8 Å². The van der Waals surface area contributed by atoms with E-state index in [1.165, 1.54) is 19.3 Å². The molecule has 59 heavy (non-hydrogen) atoms. The maximum Gasteiger partial charge on any atom is 0.472 e. The molecule has 5 atom stereocenters. The van der Waals surface area contributed by atoms with E-state index in [9.17, 15) is 34.4 Å². The Kier molecular flexibility index (Phi) is 37.6. The zero-order valence-electron chi connectivity index (χ0n) is 35.4. The van der Waals surface area contributed by atoms with Crippen molar-refractivity contribution in [3.8, 4) is 0 Å². The molecule has 0 bridgehead atoms. The van der Waals surface area contributed by atoms with Crippen molar-refractivity contribution in [2.75, 3.05) is 26.4 Å². The average Bonchev–Trinajstić information content (AvgIpc) is 3.21. The fourth-order valence-corrected chi connectivity index (χ4v) is 5.58. The molecule has 1 unspecified atom stereocenters. The van der Waals surface area contributed by atoms with Crippen molar-refractivity contribution >= 4 is 19.8 Å². The molecular weight excluding hydrogens is 775 g/mol. The molecule has 0 amide bonds. The third-order valence-electron chi connectivity index (χ3n) is 8.09. The van der Waals surface area contributed by atoms with Gasteiger partial charge in [0.25, 0.3) is 0 Å². The lowest BCUT2D eigenvalue weighted by atomic mass is 10.1. The van der Waals surface area contributed by atoms with Gasteiger partial charge in [0.1, 0.15) is 12.7 Å². The molecule has 0 aliphatic rings. The zero-order valence-corrected chi connectivity index (χ0v) is 36.3. The van der Waals surface area contributed by atoms with Gasteiger partial charge in [0.2, 0.25) is 0 Å². The van der Waals surface area contributed by atoms with Crippen molar-refractivity contribution in [1.29, 1.82) is 0 Å². The minimum absolute atomic E-state index is 0.0446. The molecule has 0 aromatic rings. The maximum atomic E-state index is 12.6. The van der Waals surface area contributed by atoms with E-state index < -0.39 is 70.6 Å². The third-order valence-corrected chi connectivity index (χ3v) is 9.04. The fourth-order valence-electron chi connectivity index (χ4n) is 4.79. The third kappa shape index (κ3) is 39.8. The summed E-state index contributed by atoms with van der Waals surface area (Å²) in [7, 11) is -4.68. The van der Waals surface area contributed by atoms with Gasteiger partial charge in [0, 0.05) is 12.8 Å². The predicted molar refractivity (Wildman–Crippen MR) is 235 cm³/mol. The highest BCUT2D eigenvalue weighted by Crippen LogP contribution is 2.43. The Hall–Kier alpha value is -3.45. The van der Waals surface area contributed by atoms with E-state index in [2.05, 4.69) is 47.9 Å². The molecule has 0 aliphatic heterocycles. The highest BCUT2D eigenvalue weighted by atomic mass is 31.2. The van der Waals surface area contributed by atoms with Gasteiger partial charge >= 0.3 is 19.8 Å². The molecule has 0 saturated heterocycles. The number of aliphatic hydroxyl groups is 4. The number of unbranched alkanes of at least 4 members (excludes halogenated alkanes) is 5. The number of hydrogen-bond donors (Lipinski definition) is 5. The van der Waals surface area contributed by atoms with Gasteiger partial charge in [-0.2, -0.15) is 0 Å². The first-order valence-corrected chi connectivity index (χ1v) is 22.6. The van der Waals surface area contributed by atoms with Gasteiger partial charge < -0.3 is 34.8 Å². The van der Waals surface area contributed by atoms with Crippen molar-refractivity contribution in [3.63, 3.8) is 0 Å². The number of hydrogen-bond acceptors (Lipinski definition) is 11. The Bertz CT molecular complexity index is 1380. The van der Waals surface area contributed by atoms with Crippen LogP contribution in [0.25, 0.3) is 0 Å². The Morgan fingerprint density at radius 1 is 0.593 bits per heavy atom. The van der Waals surface area contributed by atoms with Gasteiger partial charge in [-0.15, -0.1) is 0 Å². The summed E-state index contributed by atoms with van der Waals surface area (Å²) in [5.74, 6) is -1.15. The van der Waals surface area contributed by atoms with Crippen LogP contribution in [0.3, 0.4) is 0 Å². The minimum Gasteiger partial charge on any atom is -0.462 e. The van der Waals surface area contributed by atoms with Crippen molar-refractivity contribution in [2.24, 2.45) is 0 Å². The number of phosphoric acid groups is 1. The van der Waals surface area contributed by atoms with Crippen LogP contribution in [0.5, 0.6) is 0 Å². The molecule has 0 rings (SSSR count). The molecule has 0 radical (unpaired) electrons. The lowest BCUT2D eigenvalue weighted by Crippen LogP contribution is -2.29. The van der Waals surface area contributed by atoms with E-state index in [0.29, 0.717) is 32.1 Å². The van der Waals surface area contributed by atoms with Crippen LogP contribution in [-0.4, -0.2) is 88.1 Å². The van der Waals surface area contributed by atoms with Crippen molar-refractivity contribution in [1.82, 2.24) is 0 Å². The Labute approximate surface area is 353 Å². The Balaban J connectivity index is 4.63. The monoisotopic (exact) mass is 848 g/mol. The Morgan fingerprint density at radius 2 is 1.12 bits per heavy atom. The Morgan fingerprint density at radius 3 is 1.69 bits per heavy atom. The molecule has 334 valence electrons. The van der Waals surface area contributed by atoms with E-state index in [4.69, 9.17) is 19.1 Å². The summed E-state index contributed by atoms with van der Waals surface area (Å²) >= 11 is 0. The van der Waals surface area contributed by atoms with Crippen molar-refractivity contribution in [2.45, 2.75) is 141 Å². The number of esters is 2. The zero-order chi connectivity index (χ0) is 43.7. The van der Waals surface area contributed by atoms with Crippen LogP contribution in [0.4, 0.5) is 0 Å². The smallest absolute Gasteiger partial charge is 0.462 e. The number of carbonyl (C=O) groups excluding carboxylic acids is 2. The molecule has 0 spiro atoms. The summed E-state index contributed by atoms with van der Waals surface area (Å²) < 4.78 is 32.5. The second kappa shape index (κ2) is 40.0. The first-order chi connectivity index (χ1) is 28.5. The van der Waals surface area contributed by atoms with Crippen LogP contribution in [0.1, 0.15) is 117 Å². The fraction of sp³-hybridized carbons (Fsp3) is 0.565. The number of allylic oxidation sites excluding steroid dienone is 14. The molecule has 12 nitrogen and oxygen atoms in total. The maximum absolute atomic E-state index is 12.6. The molecular formula is C46H73O12P. The standard InChI is InChI=1S/C46H73O12P/c1-3-5-7-8-9-10-11-12-13-14-15-16-17-22-30-36-46(52)58-44(40-57-59(53,54)56-38-43(50)37-47)39-55-45(51)35-29-21-19-18-20-26-32-42(49)34-28-24-23-27-33-41(48)31-25-6-4-2/h6,9-10,12-13,15-16,19-21,23-28,33-34,41-44,47-50H,3-5,7-8,11,14,17-18,22,29-32,35-40H2,1-2H3,(H,53,54)/b10-9-,13-12-,16-15-,21-19-,24-23-,25-6-,26-20-,33-27+,34-28+/t41-,42+,43+,44-/m1/s1. The molecule has 0 saturated carbocycles. The van der Waals surface area contributed by atoms with Gasteiger partial charge in [0.15, 0.2) is 6.10 Å². The normalized spacial score (nSPS) is 16.0. The molecule has 0 aromatic heterocycles. The van der Waals surface area contributed by atoms with Crippen molar-refractivity contribution in [3.05, 3.63) is 109 Å². The van der Waals surface area contributed by atoms with Crippen molar-refractivity contribution < 1.29 is 58.0 Å². The van der Waals surface area contributed by atoms with Gasteiger partial charge in [0.05, 0.1) is 32.0 Å². The number of aliphatic hydroxyl groups excluding tert-OH is 4. The number of ether oxygens (including phenoxy) is 2. The molecule has 13 heteroatoms. The molecule has 0 aliphatic carbocycles. The second-order valence-corrected chi connectivity index (χ2v) is 15.1. The van der Waals surface area contributed by atoms with E-state index >= 15 is 0 Å². The SMILES string of the molecule is CC/C=C\C[C@@H](O)/C=C/C=C\C=C\[C@@H](O)C/C=C\C/C=C\CCC(=O)OC[C@H](COP(=O)(O)OC[C@@H](O)CO)OC(=O)CCCC/C=C\C/C=C\C/C=C\CCCCC. The quantitative estimate of drug-likeness (QED) is 0.0131. The van der Waals surface area contributed by atoms with E-state index in [0.717, 1.165) is 38.5 Å². The molecule has 0 aromatic carbocycles. The van der Waals surface area contributed by atoms with Crippen LogP contribution in [-0.2, 0) is 32.7 Å². The topological polar surface area (TPSA) is 189 Å². The summed E-state index contributed by atoms with van der Waals surface area (Å²) in [4.78, 5) is 34.9. The van der Waals surface area contributed by atoms with Crippen LogP contribution in [0.2, 0.25) is 0 Å². The van der Waals surface area contributed by atoms with E-state index in [1.54, 1.807) is 36.5 Å². The first kappa shape index (κ1) is 55.5. The summed E-state index contributed by atoms with van der Waals surface area (Å²) in [5.41, 5.74) is 0. The van der Waals surface area contributed by atoms with Gasteiger partial charge in [-0.05, 0) is 77.0 Å². The average molecular weight is 849 g/mol. The number of phosphoric ester groups is 1. The second-order valence-electron chi connectivity index (χ2n) is 13.7. The molecule has 0 fully saturated rings. The largest absolute Gasteiger partial charge is 0.472 e. The highest BCUT2D eigenvalue weighted by Gasteiger charge is 2.27. The van der Waals surface area contributed by atoms with Crippen LogP contribution in [0.15, 0.2) is 109 Å². The molecule has 5 N–H and O–H groups in total. The lowest BCUT2D eigenvalue weighted by Gasteiger charge is -2.20. The number of carbonyl (C=O) groups is 2. The molecule has 0 heterocycles. The predicted octanol–water partition coefficient (Wildman–Crippen LogP) is 8.94. The number of rotatable bonds is 37. The lowest BCUT2D eigenvalue weighted by molar-refractivity contribution is -0.161. The van der Waals surface area contributed by atoms with Crippen LogP contribution >= 0.6 is 7.82 Å². The summed E-state index contributed by atoms with van der Waals surface area (Å²) in [6.07, 6.45) is 42.8. The van der Waals surface area contributed by atoms with Gasteiger partial charge in [-0.3, -0.25) is 18.6 Å². The first-order valence-electron chi connectivity index (χ1n) is 21.1. The summed E-state index contributed by atoms with van der Waals surface area (Å²) in [6.45, 7) is 1.88.